The minimum absolute atomic E-state index is 0.0771. The molecule has 1 unspecified atom stereocenters. The van der Waals surface area contributed by atoms with Crippen LogP contribution < -0.4 is 10.6 Å². The van der Waals surface area contributed by atoms with Gasteiger partial charge in [0, 0.05) is 17.2 Å². The molecule has 0 saturated carbocycles. The van der Waals surface area contributed by atoms with Gasteiger partial charge in [-0.25, -0.2) is 9.59 Å². The molecule has 0 spiro atoms. The molecule has 0 aliphatic heterocycles. The summed E-state index contributed by atoms with van der Waals surface area (Å²) in [5.41, 5.74) is 4.90. The van der Waals surface area contributed by atoms with E-state index in [1.165, 1.54) is 12.1 Å². The number of nitrogens with one attached hydrogen (secondary N) is 2. The number of amides is 2. The van der Waals surface area contributed by atoms with Gasteiger partial charge in [-0.1, -0.05) is 54.6 Å². The van der Waals surface area contributed by atoms with Crippen LogP contribution in [0.5, 0.6) is 0 Å². The molecule has 0 aromatic heterocycles. The number of aliphatic hydroxyl groups is 1. The highest BCUT2D eigenvalue weighted by atomic mass is 16.5. The summed E-state index contributed by atoms with van der Waals surface area (Å²) in [6.45, 7) is -0.588. The Bertz CT molecular complexity index is 1160. The van der Waals surface area contributed by atoms with E-state index in [0.29, 0.717) is 5.69 Å². The number of hydrogen-bond donors (Lipinski definition) is 4. The molecule has 8 heteroatoms. The first-order valence-corrected chi connectivity index (χ1v) is 10.3. The molecule has 1 aliphatic rings. The molecule has 0 radical (unpaired) electrons. The Kier molecular flexibility index (Phi) is 6.37. The highest BCUT2D eigenvalue weighted by molar-refractivity contribution is 5.98. The Labute approximate surface area is 189 Å². The number of hydrogen-bond acceptors (Lipinski definition) is 5. The average Bonchev–Trinajstić information content (AvgIpc) is 3.14. The van der Waals surface area contributed by atoms with E-state index in [4.69, 9.17) is 14.9 Å². The Morgan fingerprint density at radius 3 is 2.15 bits per heavy atom. The summed E-state index contributed by atoms with van der Waals surface area (Å²) in [7, 11) is 0. The van der Waals surface area contributed by atoms with Gasteiger partial charge in [-0.05, 0) is 40.5 Å². The fourth-order valence-electron chi connectivity index (χ4n) is 3.92. The van der Waals surface area contributed by atoms with Crippen molar-refractivity contribution in [2.45, 2.75) is 12.0 Å². The summed E-state index contributed by atoms with van der Waals surface area (Å²) in [6.07, 6.45) is -0.673. The van der Waals surface area contributed by atoms with Crippen LogP contribution in [-0.4, -0.2) is 47.4 Å². The number of ether oxygens (including phenoxy) is 1. The van der Waals surface area contributed by atoms with Crippen molar-refractivity contribution in [3.8, 4) is 11.1 Å². The Morgan fingerprint density at radius 1 is 0.909 bits per heavy atom. The number of anilines is 1. The van der Waals surface area contributed by atoms with Crippen LogP contribution in [0.1, 0.15) is 27.4 Å². The number of carbonyl (C=O) groups is 3. The molecule has 168 valence electrons. The minimum Gasteiger partial charge on any atom is -0.480 e. The summed E-state index contributed by atoms with van der Waals surface area (Å²) in [5, 5.41) is 22.8. The molecule has 0 fully saturated rings. The number of aliphatic hydroxyl groups excluding tert-OH is 1. The molecule has 4 rings (SSSR count). The second kappa shape index (κ2) is 9.54. The lowest BCUT2D eigenvalue weighted by atomic mass is 9.98. The van der Waals surface area contributed by atoms with Crippen LogP contribution in [0.2, 0.25) is 0 Å². The van der Waals surface area contributed by atoms with Gasteiger partial charge in [-0.3, -0.25) is 10.1 Å². The maximum atomic E-state index is 12.4. The fourth-order valence-corrected chi connectivity index (χ4v) is 3.92. The van der Waals surface area contributed by atoms with Crippen molar-refractivity contribution in [1.29, 1.82) is 0 Å². The number of benzene rings is 3. The second-order valence-corrected chi connectivity index (χ2v) is 7.58. The van der Waals surface area contributed by atoms with Gasteiger partial charge in [0.1, 0.15) is 6.61 Å². The number of carboxylic acids is 1. The van der Waals surface area contributed by atoms with E-state index in [2.05, 4.69) is 22.8 Å². The van der Waals surface area contributed by atoms with Crippen molar-refractivity contribution >= 4 is 23.7 Å². The zero-order valence-corrected chi connectivity index (χ0v) is 17.5. The molecule has 2 amide bonds. The minimum atomic E-state index is -1.42. The summed E-state index contributed by atoms with van der Waals surface area (Å²) in [4.78, 5) is 35.7. The van der Waals surface area contributed by atoms with Crippen molar-refractivity contribution in [3.63, 3.8) is 0 Å². The molecule has 0 bridgehead atoms. The number of carboxylic acid groups (broad SMARTS) is 1. The molecule has 0 heterocycles. The van der Waals surface area contributed by atoms with Crippen molar-refractivity contribution in [2.24, 2.45) is 0 Å². The van der Waals surface area contributed by atoms with Crippen LogP contribution in [-0.2, 0) is 9.53 Å². The van der Waals surface area contributed by atoms with E-state index in [-0.39, 0.29) is 18.1 Å². The number of rotatable bonds is 7. The van der Waals surface area contributed by atoms with Crippen LogP contribution in [0.15, 0.2) is 72.8 Å². The van der Waals surface area contributed by atoms with E-state index in [1.807, 2.05) is 36.4 Å². The molecule has 8 nitrogen and oxygen atoms in total. The Balaban J connectivity index is 1.41. The third-order valence-corrected chi connectivity index (χ3v) is 5.50. The summed E-state index contributed by atoms with van der Waals surface area (Å²) in [6, 6.07) is 20.6. The predicted molar refractivity (Wildman–Crippen MR) is 121 cm³/mol. The van der Waals surface area contributed by atoms with E-state index >= 15 is 0 Å². The van der Waals surface area contributed by atoms with Crippen LogP contribution in [0, 0.1) is 0 Å². The molecule has 3 aromatic rings. The summed E-state index contributed by atoms with van der Waals surface area (Å²) < 4.78 is 5.50. The largest absolute Gasteiger partial charge is 0.480 e. The molecule has 33 heavy (non-hydrogen) atoms. The quantitative estimate of drug-likeness (QED) is 0.442. The van der Waals surface area contributed by atoms with Gasteiger partial charge in [0.15, 0.2) is 6.04 Å². The lowest BCUT2D eigenvalue weighted by molar-refractivity contribution is -0.140. The summed E-state index contributed by atoms with van der Waals surface area (Å²) >= 11 is 0. The Morgan fingerprint density at radius 2 is 1.55 bits per heavy atom. The van der Waals surface area contributed by atoms with Gasteiger partial charge in [-0.2, -0.15) is 0 Å². The van der Waals surface area contributed by atoms with Gasteiger partial charge >= 0.3 is 12.1 Å². The fraction of sp³-hybridized carbons (Fsp3) is 0.160. The third-order valence-electron chi connectivity index (χ3n) is 5.50. The summed E-state index contributed by atoms with van der Waals surface area (Å²) in [5.74, 6) is -2.11. The second-order valence-electron chi connectivity index (χ2n) is 7.58. The number of aliphatic carboxylic acids is 1. The van der Waals surface area contributed by atoms with E-state index in [9.17, 15) is 14.4 Å². The maximum Gasteiger partial charge on any atom is 0.411 e. The van der Waals surface area contributed by atoms with E-state index in [0.717, 1.165) is 22.3 Å². The topological polar surface area (TPSA) is 125 Å². The normalized spacial score (nSPS) is 12.9. The molecule has 0 saturated heterocycles. The van der Waals surface area contributed by atoms with E-state index < -0.39 is 30.6 Å². The molecule has 4 N–H and O–H groups in total. The van der Waals surface area contributed by atoms with Gasteiger partial charge in [-0.15, -0.1) is 0 Å². The molecular formula is C25H22N2O6. The van der Waals surface area contributed by atoms with Gasteiger partial charge in [0.05, 0.1) is 6.61 Å². The maximum absolute atomic E-state index is 12.4. The van der Waals surface area contributed by atoms with Gasteiger partial charge in [0.2, 0.25) is 0 Å². The first kappa shape index (κ1) is 22.0. The molecular weight excluding hydrogens is 424 g/mol. The zero-order chi connectivity index (χ0) is 23.4. The lowest BCUT2D eigenvalue weighted by Gasteiger charge is -2.15. The van der Waals surface area contributed by atoms with Crippen LogP contribution in [0.25, 0.3) is 11.1 Å². The zero-order valence-electron chi connectivity index (χ0n) is 17.5. The van der Waals surface area contributed by atoms with Crippen molar-refractivity contribution in [2.75, 3.05) is 18.5 Å². The van der Waals surface area contributed by atoms with Gasteiger partial charge < -0.3 is 20.3 Å². The number of fused-ring (bicyclic) bond motifs is 3. The average molecular weight is 446 g/mol. The van der Waals surface area contributed by atoms with Crippen LogP contribution in [0.4, 0.5) is 10.5 Å². The smallest absolute Gasteiger partial charge is 0.411 e. The molecule has 3 aromatic carbocycles. The first-order valence-electron chi connectivity index (χ1n) is 10.3. The van der Waals surface area contributed by atoms with Crippen molar-refractivity contribution in [1.82, 2.24) is 5.32 Å². The first-order chi connectivity index (χ1) is 16.0. The molecule has 1 aliphatic carbocycles. The number of carbonyl (C=O) groups excluding carboxylic acids is 2. The predicted octanol–water partition coefficient (Wildman–Crippen LogP) is 3.22. The molecule has 1 atom stereocenters. The standard InChI is InChI=1S/C25H22N2O6/c28-13-22(24(30)31)27-23(29)15-6-5-7-16(12-15)26-25(32)33-14-21-19-10-3-1-8-17(19)18-9-2-4-11-20(18)21/h1-12,21-22,28H,13-14H2,(H,26,32)(H,27,29)(H,30,31). The Hall–Kier alpha value is -4.17. The monoisotopic (exact) mass is 446 g/mol. The van der Waals surface area contributed by atoms with Crippen molar-refractivity contribution in [3.05, 3.63) is 89.5 Å². The highest BCUT2D eigenvalue weighted by Gasteiger charge is 2.29. The van der Waals surface area contributed by atoms with E-state index in [1.54, 1.807) is 12.1 Å². The van der Waals surface area contributed by atoms with Crippen molar-refractivity contribution < 1.29 is 29.3 Å². The SMILES string of the molecule is O=C(Nc1cccc(C(=O)NC(CO)C(=O)O)c1)OCC1c2ccccc2-c2ccccc21. The lowest BCUT2D eigenvalue weighted by Crippen LogP contribution is -2.43. The van der Waals surface area contributed by atoms with Crippen LogP contribution in [0.3, 0.4) is 0 Å². The van der Waals surface area contributed by atoms with Gasteiger partial charge in [0.25, 0.3) is 5.91 Å². The third kappa shape index (κ3) is 4.70. The highest BCUT2D eigenvalue weighted by Crippen LogP contribution is 2.44. The van der Waals surface area contributed by atoms with Crippen LogP contribution >= 0.6 is 0 Å².